The molecule has 0 heterocycles. The Labute approximate surface area is 187 Å². The van der Waals surface area contributed by atoms with Crippen LogP contribution in [0.25, 0.3) is 10.8 Å². The van der Waals surface area contributed by atoms with Crippen LogP contribution in [0.4, 0.5) is 9.59 Å². The summed E-state index contributed by atoms with van der Waals surface area (Å²) >= 11 is 0. The Morgan fingerprint density at radius 3 is 2.12 bits per heavy atom. The van der Waals surface area contributed by atoms with Crippen LogP contribution in [0.15, 0.2) is 55.1 Å². The molecule has 0 unspecified atom stereocenters. The Bertz CT molecular complexity index is 899. The summed E-state index contributed by atoms with van der Waals surface area (Å²) in [5.41, 5.74) is 0. The van der Waals surface area contributed by atoms with Crippen LogP contribution in [0.1, 0.15) is 32.1 Å². The zero-order valence-electron chi connectivity index (χ0n) is 18.1. The monoisotopic (exact) mass is 442 g/mol. The molecule has 0 atom stereocenters. The summed E-state index contributed by atoms with van der Waals surface area (Å²) < 4.78 is 14.9. The molecule has 0 saturated carbocycles. The number of nitrogens with one attached hydrogen (secondary N) is 2. The summed E-state index contributed by atoms with van der Waals surface area (Å²) in [5.74, 6) is -0.0315. The highest BCUT2D eigenvalue weighted by Gasteiger charge is 2.05. The van der Waals surface area contributed by atoms with Gasteiger partial charge in [-0.3, -0.25) is 0 Å². The van der Waals surface area contributed by atoms with Gasteiger partial charge in [-0.15, -0.1) is 0 Å². The lowest BCUT2D eigenvalue weighted by Crippen LogP contribution is -2.27. The van der Waals surface area contributed by atoms with Crippen LogP contribution in [0.2, 0.25) is 0 Å². The van der Waals surface area contributed by atoms with Crippen molar-refractivity contribution in [2.75, 3.05) is 26.3 Å². The van der Waals surface area contributed by atoms with Gasteiger partial charge >= 0.3 is 18.2 Å². The van der Waals surface area contributed by atoms with Gasteiger partial charge in [-0.1, -0.05) is 56.2 Å². The average Bonchev–Trinajstić information content (AvgIpc) is 2.80. The predicted molar refractivity (Wildman–Crippen MR) is 122 cm³/mol. The quantitative estimate of drug-likeness (QED) is 0.272. The third-order valence-electron chi connectivity index (χ3n) is 4.55. The van der Waals surface area contributed by atoms with E-state index >= 15 is 0 Å². The van der Waals surface area contributed by atoms with E-state index < -0.39 is 18.2 Å². The van der Waals surface area contributed by atoms with Crippen molar-refractivity contribution in [1.29, 1.82) is 0 Å². The minimum Gasteiger partial charge on any atom is -0.459 e. The first-order valence-corrected chi connectivity index (χ1v) is 10.7. The average molecular weight is 443 g/mol. The molecule has 32 heavy (non-hydrogen) atoms. The van der Waals surface area contributed by atoms with E-state index in [2.05, 4.69) is 17.2 Å². The molecule has 172 valence electrons. The van der Waals surface area contributed by atoms with Gasteiger partial charge in [0.15, 0.2) is 0 Å². The zero-order chi connectivity index (χ0) is 23.0. The fourth-order valence-electron chi connectivity index (χ4n) is 2.92. The van der Waals surface area contributed by atoms with Crippen LogP contribution in [-0.4, -0.2) is 44.5 Å². The van der Waals surface area contributed by atoms with E-state index in [1.54, 1.807) is 6.07 Å². The summed E-state index contributed by atoms with van der Waals surface area (Å²) in [6.07, 6.45) is 4.66. The van der Waals surface area contributed by atoms with Gasteiger partial charge in [-0.05, 0) is 35.7 Å². The number of fused-ring (bicyclic) bond motifs is 1. The minimum atomic E-state index is -0.550. The molecule has 2 amide bonds. The van der Waals surface area contributed by atoms with Crippen LogP contribution in [0.5, 0.6) is 5.75 Å². The Balaban J connectivity index is 1.43. The van der Waals surface area contributed by atoms with E-state index in [1.807, 2.05) is 36.4 Å². The number of amides is 2. The van der Waals surface area contributed by atoms with Crippen LogP contribution < -0.4 is 15.4 Å². The van der Waals surface area contributed by atoms with Gasteiger partial charge in [0.2, 0.25) is 0 Å². The van der Waals surface area contributed by atoms with Crippen LogP contribution in [-0.2, 0) is 14.3 Å². The highest BCUT2D eigenvalue weighted by atomic mass is 16.6. The van der Waals surface area contributed by atoms with Crippen LogP contribution in [0, 0.1) is 0 Å². The standard InChI is InChI=1S/C24H30N2O6/c1-2-22(27)30-16-17-31-23(28)25-14-8-4-3-5-9-15-26-24(29)32-21-13-12-19-10-6-7-11-20(19)18-21/h2,6-7,10-13,18H,1,3-5,8-9,14-17H2,(H,25,28)(H,26,29). The molecule has 0 bridgehead atoms. The molecule has 0 aromatic heterocycles. The number of benzene rings is 2. The maximum Gasteiger partial charge on any atom is 0.412 e. The Morgan fingerprint density at radius 1 is 0.781 bits per heavy atom. The van der Waals surface area contributed by atoms with E-state index in [0.29, 0.717) is 18.8 Å². The lowest BCUT2D eigenvalue weighted by molar-refractivity contribution is -0.138. The first-order chi connectivity index (χ1) is 15.6. The normalized spacial score (nSPS) is 10.2. The summed E-state index contributed by atoms with van der Waals surface area (Å²) in [6, 6.07) is 13.4. The fraction of sp³-hybridized carbons (Fsp3) is 0.375. The molecule has 2 N–H and O–H groups in total. The maximum absolute atomic E-state index is 11.9. The lowest BCUT2D eigenvalue weighted by atomic mass is 10.1. The van der Waals surface area contributed by atoms with Crippen molar-refractivity contribution in [2.45, 2.75) is 32.1 Å². The van der Waals surface area contributed by atoms with Crippen molar-refractivity contribution in [3.8, 4) is 5.75 Å². The molecule has 0 spiro atoms. The van der Waals surface area contributed by atoms with Gasteiger partial charge < -0.3 is 24.8 Å². The smallest absolute Gasteiger partial charge is 0.412 e. The number of carbonyl (C=O) groups is 3. The Hall–Kier alpha value is -3.55. The molecule has 0 radical (unpaired) electrons. The zero-order valence-corrected chi connectivity index (χ0v) is 18.1. The van der Waals surface area contributed by atoms with E-state index in [0.717, 1.165) is 49.0 Å². The largest absolute Gasteiger partial charge is 0.459 e. The van der Waals surface area contributed by atoms with Gasteiger partial charge in [0.25, 0.3) is 0 Å². The van der Waals surface area contributed by atoms with Gasteiger partial charge in [0.1, 0.15) is 19.0 Å². The number of hydrogen-bond acceptors (Lipinski definition) is 6. The second-order valence-electron chi connectivity index (χ2n) is 7.03. The number of ether oxygens (including phenoxy) is 3. The highest BCUT2D eigenvalue weighted by molar-refractivity contribution is 5.84. The van der Waals surface area contributed by atoms with Crippen LogP contribution in [0.3, 0.4) is 0 Å². The van der Waals surface area contributed by atoms with Crippen LogP contribution >= 0.6 is 0 Å². The van der Waals surface area contributed by atoms with Crippen molar-refractivity contribution in [2.24, 2.45) is 0 Å². The Kier molecular flexibility index (Phi) is 11.2. The molecule has 0 saturated heterocycles. The summed E-state index contributed by atoms with van der Waals surface area (Å²) in [4.78, 5) is 34.2. The molecule has 0 aliphatic heterocycles. The topological polar surface area (TPSA) is 103 Å². The number of carbonyl (C=O) groups excluding carboxylic acids is 3. The lowest BCUT2D eigenvalue weighted by Gasteiger charge is -2.08. The van der Waals surface area contributed by atoms with Crippen molar-refractivity contribution < 1.29 is 28.6 Å². The summed E-state index contributed by atoms with van der Waals surface area (Å²) in [7, 11) is 0. The molecule has 0 aliphatic carbocycles. The number of rotatable bonds is 13. The fourth-order valence-corrected chi connectivity index (χ4v) is 2.92. The van der Waals surface area contributed by atoms with Gasteiger partial charge in [-0.2, -0.15) is 0 Å². The second kappa shape index (κ2) is 14.5. The summed E-state index contributed by atoms with van der Waals surface area (Å²) in [6.45, 7) is 4.34. The summed E-state index contributed by atoms with van der Waals surface area (Å²) in [5, 5.41) is 7.52. The predicted octanol–water partition coefficient (Wildman–Crippen LogP) is 4.33. The van der Waals surface area contributed by atoms with Gasteiger partial charge in [-0.25, -0.2) is 14.4 Å². The molecular weight excluding hydrogens is 412 g/mol. The molecule has 0 aliphatic rings. The maximum atomic E-state index is 11.9. The molecule has 0 fully saturated rings. The highest BCUT2D eigenvalue weighted by Crippen LogP contribution is 2.20. The number of esters is 1. The SMILES string of the molecule is C=CC(=O)OCCOC(=O)NCCCCCCCNC(=O)Oc1ccc2ccccc2c1. The minimum absolute atomic E-state index is 0.00170. The molecular formula is C24H30N2O6. The first-order valence-electron chi connectivity index (χ1n) is 10.7. The van der Waals surface area contributed by atoms with Crippen molar-refractivity contribution in [3.63, 3.8) is 0 Å². The van der Waals surface area contributed by atoms with E-state index in [9.17, 15) is 14.4 Å². The van der Waals surface area contributed by atoms with E-state index in [4.69, 9.17) is 14.2 Å². The second-order valence-corrected chi connectivity index (χ2v) is 7.03. The van der Waals surface area contributed by atoms with E-state index in [1.165, 1.54) is 0 Å². The van der Waals surface area contributed by atoms with Crippen molar-refractivity contribution in [1.82, 2.24) is 10.6 Å². The van der Waals surface area contributed by atoms with Gasteiger partial charge in [0, 0.05) is 19.2 Å². The molecule has 2 rings (SSSR count). The number of unbranched alkanes of at least 4 members (excludes halogenated alkanes) is 4. The molecule has 8 nitrogen and oxygen atoms in total. The molecule has 8 heteroatoms. The van der Waals surface area contributed by atoms with E-state index in [-0.39, 0.29) is 13.2 Å². The Morgan fingerprint density at radius 2 is 1.41 bits per heavy atom. The number of alkyl carbamates (subject to hydrolysis) is 1. The van der Waals surface area contributed by atoms with Crippen molar-refractivity contribution >= 4 is 28.9 Å². The molecule has 2 aromatic carbocycles. The third kappa shape index (κ3) is 9.97. The van der Waals surface area contributed by atoms with Crippen molar-refractivity contribution in [3.05, 3.63) is 55.1 Å². The molecule has 2 aromatic rings. The third-order valence-corrected chi connectivity index (χ3v) is 4.55. The van der Waals surface area contributed by atoms with Gasteiger partial charge in [0.05, 0.1) is 0 Å². The first kappa shape index (κ1) is 24.7. The number of hydrogen-bond donors (Lipinski definition) is 2.